The van der Waals surface area contributed by atoms with E-state index in [0.29, 0.717) is 19.5 Å². The molecule has 3 rings (SSSR count). The van der Waals surface area contributed by atoms with Gasteiger partial charge in [-0.15, -0.1) is 0 Å². The predicted octanol–water partition coefficient (Wildman–Crippen LogP) is 0.397. The largest absolute Gasteiger partial charge is 0.356 e. The first-order valence-electron chi connectivity index (χ1n) is 8.43. The van der Waals surface area contributed by atoms with Crippen LogP contribution in [0, 0.1) is 0 Å². The van der Waals surface area contributed by atoms with E-state index in [1.165, 1.54) is 18.1 Å². The molecule has 2 aliphatic rings. The molecule has 0 saturated carbocycles. The topological polar surface area (TPSA) is 78.5 Å². The van der Waals surface area contributed by atoms with Gasteiger partial charge in [0.05, 0.1) is 6.04 Å². The number of hydrogen-bond donors (Lipinski definition) is 2. The number of nitrogens with zero attached hydrogens (tertiary/aromatic N) is 1. The van der Waals surface area contributed by atoms with E-state index >= 15 is 0 Å². The van der Waals surface area contributed by atoms with Crippen LogP contribution in [0.5, 0.6) is 0 Å². The molecule has 1 aliphatic heterocycles. The Morgan fingerprint density at radius 1 is 1.17 bits per heavy atom. The number of carbonyl (C=O) groups is 3. The molecule has 0 radical (unpaired) electrons. The van der Waals surface area contributed by atoms with Crippen LogP contribution >= 0.6 is 0 Å². The van der Waals surface area contributed by atoms with Gasteiger partial charge >= 0.3 is 0 Å². The van der Waals surface area contributed by atoms with Gasteiger partial charge in [0.1, 0.15) is 0 Å². The second-order valence-electron chi connectivity index (χ2n) is 6.58. The Kier molecular flexibility index (Phi) is 4.83. The van der Waals surface area contributed by atoms with Crippen molar-refractivity contribution in [2.45, 2.75) is 44.7 Å². The summed E-state index contributed by atoms with van der Waals surface area (Å²) in [5.74, 6) is -0.163. The molecule has 0 aromatic heterocycles. The van der Waals surface area contributed by atoms with Crippen LogP contribution in [0.15, 0.2) is 24.3 Å². The number of benzene rings is 1. The molecular weight excluding hydrogens is 306 g/mol. The molecule has 3 amide bonds. The van der Waals surface area contributed by atoms with Crippen LogP contribution in [0.2, 0.25) is 0 Å². The van der Waals surface area contributed by atoms with Crippen LogP contribution in [0.3, 0.4) is 0 Å². The zero-order valence-corrected chi connectivity index (χ0v) is 13.9. The van der Waals surface area contributed by atoms with Gasteiger partial charge in [0.25, 0.3) is 0 Å². The lowest BCUT2D eigenvalue weighted by atomic mass is 10.1. The zero-order valence-electron chi connectivity index (χ0n) is 13.9. The molecule has 24 heavy (non-hydrogen) atoms. The van der Waals surface area contributed by atoms with Crippen LogP contribution in [0.25, 0.3) is 0 Å². The molecule has 6 nitrogen and oxygen atoms in total. The minimum atomic E-state index is -0.147. The van der Waals surface area contributed by atoms with E-state index in [1.807, 2.05) is 17.0 Å². The van der Waals surface area contributed by atoms with Gasteiger partial charge in [-0.05, 0) is 24.0 Å². The third-order valence-electron chi connectivity index (χ3n) is 4.72. The minimum Gasteiger partial charge on any atom is -0.356 e. The molecule has 1 aliphatic carbocycles. The Morgan fingerprint density at radius 3 is 2.46 bits per heavy atom. The van der Waals surface area contributed by atoms with E-state index in [2.05, 4.69) is 22.8 Å². The highest BCUT2D eigenvalue weighted by Gasteiger charge is 2.37. The Bertz CT molecular complexity index is 634. The van der Waals surface area contributed by atoms with Gasteiger partial charge in [-0.1, -0.05) is 24.3 Å². The molecule has 1 atom stereocenters. The Balaban J connectivity index is 1.50. The highest BCUT2D eigenvalue weighted by Crippen LogP contribution is 2.28. The molecule has 0 unspecified atom stereocenters. The first-order chi connectivity index (χ1) is 11.5. The fourth-order valence-electron chi connectivity index (χ4n) is 3.59. The summed E-state index contributed by atoms with van der Waals surface area (Å²) >= 11 is 0. The first kappa shape index (κ1) is 16.5. The minimum absolute atomic E-state index is 0.111. The van der Waals surface area contributed by atoms with Gasteiger partial charge in [0.2, 0.25) is 17.7 Å². The average molecular weight is 329 g/mol. The quantitative estimate of drug-likeness (QED) is 0.821. The first-order valence-corrected chi connectivity index (χ1v) is 8.43. The third kappa shape index (κ3) is 3.75. The molecule has 0 bridgehead atoms. The van der Waals surface area contributed by atoms with Crippen molar-refractivity contribution in [2.75, 3.05) is 13.1 Å². The van der Waals surface area contributed by atoms with Gasteiger partial charge in [-0.25, -0.2) is 0 Å². The highest BCUT2D eigenvalue weighted by molar-refractivity contribution is 5.83. The van der Waals surface area contributed by atoms with E-state index in [-0.39, 0.29) is 36.2 Å². The monoisotopic (exact) mass is 329 g/mol. The van der Waals surface area contributed by atoms with Gasteiger partial charge in [-0.3, -0.25) is 14.4 Å². The summed E-state index contributed by atoms with van der Waals surface area (Å²) in [5.41, 5.74) is 2.64. The lowest BCUT2D eigenvalue weighted by Gasteiger charge is -2.24. The summed E-state index contributed by atoms with van der Waals surface area (Å²) in [6.45, 7) is 2.32. The lowest BCUT2D eigenvalue weighted by molar-refractivity contribution is -0.129. The van der Waals surface area contributed by atoms with Crippen molar-refractivity contribution >= 4 is 17.7 Å². The van der Waals surface area contributed by atoms with Crippen LogP contribution in [0.4, 0.5) is 0 Å². The number of hydrogen-bond acceptors (Lipinski definition) is 3. The predicted molar refractivity (Wildman–Crippen MR) is 89.2 cm³/mol. The summed E-state index contributed by atoms with van der Waals surface area (Å²) < 4.78 is 0. The van der Waals surface area contributed by atoms with Crippen molar-refractivity contribution in [1.29, 1.82) is 0 Å². The number of rotatable bonds is 5. The number of amides is 3. The Hall–Kier alpha value is -2.37. The van der Waals surface area contributed by atoms with E-state index in [1.54, 1.807) is 0 Å². The summed E-state index contributed by atoms with van der Waals surface area (Å²) in [6.07, 6.45) is 2.38. The van der Waals surface area contributed by atoms with Gasteiger partial charge in [-0.2, -0.15) is 0 Å². The Labute approximate surface area is 141 Å². The number of fused-ring (bicyclic) bond motifs is 1. The van der Waals surface area contributed by atoms with Crippen LogP contribution in [-0.4, -0.2) is 47.8 Å². The second-order valence-corrected chi connectivity index (χ2v) is 6.58. The fraction of sp³-hybridized carbons (Fsp3) is 0.500. The maximum Gasteiger partial charge on any atom is 0.225 e. The van der Waals surface area contributed by atoms with Gasteiger partial charge < -0.3 is 15.5 Å². The summed E-state index contributed by atoms with van der Waals surface area (Å²) in [7, 11) is 0. The standard InChI is InChI=1S/C18H23N3O3/c1-12(22)19-7-6-17(23)20-15-10-18(24)21(11-15)16-8-13-4-2-3-5-14(13)9-16/h2-5,15-16H,6-11H2,1H3,(H,19,22)(H,20,23)/t15-/m0/s1. The summed E-state index contributed by atoms with van der Waals surface area (Å²) in [6, 6.07) is 8.38. The van der Waals surface area contributed by atoms with E-state index in [0.717, 1.165) is 12.8 Å². The molecule has 2 N–H and O–H groups in total. The number of carbonyl (C=O) groups excluding carboxylic acids is 3. The van der Waals surface area contributed by atoms with Crippen molar-refractivity contribution in [3.8, 4) is 0 Å². The van der Waals surface area contributed by atoms with Crippen molar-refractivity contribution in [1.82, 2.24) is 15.5 Å². The van der Waals surface area contributed by atoms with Gasteiger partial charge in [0.15, 0.2) is 0 Å². The van der Waals surface area contributed by atoms with Gasteiger partial charge in [0, 0.05) is 38.9 Å². The van der Waals surface area contributed by atoms with Crippen molar-refractivity contribution in [3.05, 3.63) is 35.4 Å². The summed E-state index contributed by atoms with van der Waals surface area (Å²) in [4.78, 5) is 36.9. The Morgan fingerprint density at radius 2 is 1.83 bits per heavy atom. The van der Waals surface area contributed by atoms with Crippen LogP contribution < -0.4 is 10.6 Å². The fourth-order valence-corrected chi connectivity index (χ4v) is 3.59. The molecule has 128 valence electrons. The third-order valence-corrected chi connectivity index (χ3v) is 4.72. The molecule has 1 saturated heterocycles. The molecule has 1 fully saturated rings. The zero-order chi connectivity index (χ0) is 17.1. The molecule has 6 heteroatoms. The average Bonchev–Trinajstić information content (AvgIpc) is 3.09. The number of likely N-dealkylation sites (tertiary alicyclic amines) is 1. The van der Waals surface area contributed by atoms with Crippen molar-refractivity contribution in [2.24, 2.45) is 0 Å². The molecule has 1 heterocycles. The molecular formula is C18H23N3O3. The normalized spacial score (nSPS) is 20.1. The smallest absolute Gasteiger partial charge is 0.225 e. The molecule has 1 aromatic rings. The maximum atomic E-state index is 12.3. The molecule has 1 aromatic carbocycles. The van der Waals surface area contributed by atoms with E-state index in [9.17, 15) is 14.4 Å². The molecule has 0 spiro atoms. The lowest BCUT2D eigenvalue weighted by Crippen LogP contribution is -2.41. The second kappa shape index (κ2) is 7.03. The SMILES string of the molecule is CC(=O)NCCC(=O)N[C@H]1CC(=O)N(C2Cc3ccccc3C2)C1. The maximum absolute atomic E-state index is 12.3. The van der Waals surface area contributed by atoms with Crippen molar-refractivity contribution in [3.63, 3.8) is 0 Å². The highest BCUT2D eigenvalue weighted by atomic mass is 16.2. The van der Waals surface area contributed by atoms with Crippen molar-refractivity contribution < 1.29 is 14.4 Å². The van der Waals surface area contributed by atoms with Crippen LogP contribution in [0.1, 0.15) is 30.9 Å². The van der Waals surface area contributed by atoms with E-state index < -0.39 is 0 Å². The summed E-state index contributed by atoms with van der Waals surface area (Å²) in [5, 5.41) is 5.50. The van der Waals surface area contributed by atoms with E-state index in [4.69, 9.17) is 0 Å². The number of nitrogens with one attached hydrogen (secondary N) is 2. The van der Waals surface area contributed by atoms with Crippen LogP contribution in [-0.2, 0) is 27.2 Å².